The lowest BCUT2D eigenvalue weighted by Gasteiger charge is -2.49. The van der Waals surface area contributed by atoms with Gasteiger partial charge in [0.15, 0.2) is 18.2 Å². The van der Waals surface area contributed by atoms with E-state index in [1.807, 2.05) is 39.8 Å². The maximum Gasteiger partial charge on any atom is 0.408 e. The lowest BCUT2D eigenvalue weighted by Crippen LogP contribution is -2.62. The largest absolute Gasteiger partial charge is 0.458 e. The number of esters is 1. The lowest BCUT2D eigenvalue weighted by molar-refractivity contribution is -0.301. The molecule has 1 saturated carbocycles. The molecule has 268 valence electrons. The molecule has 2 bridgehead atoms. The molecular weight excluding hydrogens is 608 g/mol. The summed E-state index contributed by atoms with van der Waals surface area (Å²) >= 11 is 0. The summed E-state index contributed by atoms with van der Waals surface area (Å²) in [5.74, 6) is -1.74. The van der Waals surface area contributed by atoms with Gasteiger partial charge in [0.05, 0.1) is 23.9 Å². The molecule has 13 atom stereocenters. The molecule has 0 aromatic rings. The number of aliphatic hydroxyl groups excluding tert-OH is 1. The van der Waals surface area contributed by atoms with E-state index < -0.39 is 65.7 Å². The van der Waals surface area contributed by atoms with Crippen LogP contribution in [0.25, 0.3) is 0 Å². The topological polar surface area (TPSA) is 157 Å². The van der Waals surface area contributed by atoms with Gasteiger partial charge in [0, 0.05) is 37.2 Å². The fourth-order valence-corrected chi connectivity index (χ4v) is 8.00. The van der Waals surface area contributed by atoms with Crippen LogP contribution in [0.3, 0.4) is 0 Å². The van der Waals surface area contributed by atoms with Crippen molar-refractivity contribution in [3.8, 4) is 0 Å². The Morgan fingerprint density at radius 3 is 2.49 bits per heavy atom. The molecule has 0 aromatic heterocycles. The van der Waals surface area contributed by atoms with Crippen molar-refractivity contribution >= 4 is 17.8 Å². The zero-order valence-electron chi connectivity index (χ0n) is 29.5. The van der Waals surface area contributed by atoms with E-state index in [1.54, 1.807) is 13.8 Å². The third-order valence-electron chi connectivity index (χ3n) is 11.1. The average Bonchev–Trinajstić information content (AvgIpc) is 3.78. The number of hydrogen-bond acceptors (Lipinski definition) is 12. The standard InChI is InChI=1S/C34H58N4O9/c1-9-24-27-25(37-32(42)46-27)20(4)35-16-18(2)15-34(6)29(19(3)28(40)33(5,12-13-43-34)31(41)45-24)47-30-26(39)23(38(7)8)14-22(44-30)17-36-21-10-11-21/h18-27,29-30,35-36,39H,9-17H2,1-8H3,(H,37,42)/t18-,19+,20-,22+,23?,24-,25-,26?,27-,29-,30+,33-,34+/m1/s1. The number of fused-ring (bicyclic) bond motifs is 10. The first-order valence-corrected chi connectivity index (χ1v) is 17.7. The minimum atomic E-state index is -1.54. The van der Waals surface area contributed by atoms with E-state index in [2.05, 4.69) is 22.9 Å². The van der Waals surface area contributed by atoms with Crippen molar-refractivity contribution in [3.05, 3.63) is 0 Å². The quantitative estimate of drug-likeness (QED) is 0.231. The predicted molar refractivity (Wildman–Crippen MR) is 173 cm³/mol. The summed E-state index contributed by atoms with van der Waals surface area (Å²) in [5.41, 5.74) is -2.49. The maximum atomic E-state index is 14.6. The van der Waals surface area contributed by atoms with Crippen LogP contribution in [-0.2, 0) is 33.3 Å². The van der Waals surface area contributed by atoms with Crippen molar-refractivity contribution in [2.75, 3.05) is 33.8 Å². The number of ketones is 1. The zero-order valence-corrected chi connectivity index (χ0v) is 29.5. The Kier molecular flexibility index (Phi) is 11.3. The van der Waals surface area contributed by atoms with E-state index in [0.717, 1.165) is 12.8 Å². The second kappa shape index (κ2) is 14.5. The third-order valence-corrected chi connectivity index (χ3v) is 11.1. The highest BCUT2D eigenvalue weighted by Gasteiger charge is 2.56. The first kappa shape index (κ1) is 36.4. The molecule has 4 N–H and O–H groups in total. The molecule has 0 aromatic carbocycles. The second-order valence-corrected chi connectivity index (χ2v) is 15.4. The number of likely N-dealkylation sites (N-methyl/N-ethyl adjacent to an activating group) is 1. The minimum absolute atomic E-state index is 0.0605. The predicted octanol–water partition coefficient (Wildman–Crippen LogP) is 1.74. The number of rotatable bonds is 7. The Labute approximate surface area is 279 Å². The van der Waals surface area contributed by atoms with Crippen molar-refractivity contribution in [1.82, 2.24) is 20.9 Å². The molecule has 2 unspecified atom stereocenters. The van der Waals surface area contributed by atoms with Gasteiger partial charge in [0.25, 0.3) is 0 Å². The monoisotopic (exact) mass is 666 g/mol. The van der Waals surface area contributed by atoms with Crippen LogP contribution in [0.2, 0.25) is 0 Å². The number of aliphatic hydroxyl groups is 1. The molecule has 6 rings (SSSR count). The summed E-state index contributed by atoms with van der Waals surface area (Å²) in [6.07, 6.45) is -1.04. The van der Waals surface area contributed by atoms with Gasteiger partial charge in [-0.15, -0.1) is 0 Å². The fourth-order valence-electron chi connectivity index (χ4n) is 8.00. The SMILES string of the molecule is CC[C@H]1OC(=O)[C@]2(C)CCO[C@@](C)(C[C@@H](C)CN[C@H](C)[C@H]3NC(=O)O[C@@H]31)[C@H](O[C@@H]1O[C@H](CNC3CC3)CC(N(C)C)C1O)[C@@H](C)C2=O. The van der Waals surface area contributed by atoms with E-state index >= 15 is 0 Å². The van der Waals surface area contributed by atoms with Crippen LogP contribution in [0.5, 0.6) is 0 Å². The smallest absolute Gasteiger partial charge is 0.408 e. The molecule has 5 saturated heterocycles. The fraction of sp³-hybridized carbons (Fsp3) is 0.912. The molecule has 5 heterocycles. The summed E-state index contributed by atoms with van der Waals surface area (Å²) in [6.45, 7) is 12.6. The molecule has 47 heavy (non-hydrogen) atoms. The van der Waals surface area contributed by atoms with Gasteiger partial charge in [-0.3, -0.25) is 9.59 Å². The highest BCUT2D eigenvalue weighted by atomic mass is 16.7. The van der Waals surface area contributed by atoms with Gasteiger partial charge in [0.2, 0.25) is 0 Å². The summed E-state index contributed by atoms with van der Waals surface area (Å²) in [4.78, 5) is 43.0. The minimum Gasteiger partial charge on any atom is -0.458 e. The Morgan fingerprint density at radius 2 is 1.83 bits per heavy atom. The second-order valence-electron chi connectivity index (χ2n) is 15.4. The molecular formula is C34H58N4O9. The van der Waals surface area contributed by atoms with Gasteiger partial charge >= 0.3 is 12.1 Å². The molecule has 6 aliphatic rings. The van der Waals surface area contributed by atoms with Gasteiger partial charge in [-0.1, -0.05) is 20.8 Å². The number of ether oxygens (including phenoxy) is 5. The van der Waals surface area contributed by atoms with Crippen molar-refractivity contribution in [2.24, 2.45) is 17.3 Å². The van der Waals surface area contributed by atoms with Crippen LogP contribution in [-0.4, -0.2) is 128 Å². The summed E-state index contributed by atoms with van der Waals surface area (Å²) in [6, 6.07) is -0.341. The van der Waals surface area contributed by atoms with Crippen molar-refractivity contribution in [3.63, 3.8) is 0 Å². The highest BCUT2D eigenvalue weighted by Crippen LogP contribution is 2.42. The van der Waals surface area contributed by atoms with Crippen LogP contribution < -0.4 is 16.0 Å². The van der Waals surface area contributed by atoms with Crippen molar-refractivity contribution in [2.45, 2.75) is 147 Å². The maximum absolute atomic E-state index is 14.6. The van der Waals surface area contributed by atoms with Crippen LogP contribution >= 0.6 is 0 Å². The Bertz CT molecular complexity index is 1140. The van der Waals surface area contributed by atoms with Crippen molar-refractivity contribution in [1.29, 1.82) is 0 Å². The first-order chi connectivity index (χ1) is 22.2. The molecule has 0 spiro atoms. The molecule has 5 aliphatic heterocycles. The van der Waals surface area contributed by atoms with Crippen molar-refractivity contribution < 1.29 is 43.2 Å². The van der Waals surface area contributed by atoms with E-state index in [1.165, 1.54) is 0 Å². The highest BCUT2D eigenvalue weighted by molar-refractivity contribution is 6.04. The summed E-state index contributed by atoms with van der Waals surface area (Å²) in [5, 5.41) is 21.5. The summed E-state index contributed by atoms with van der Waals surface area (Å²) < 4.78 is 31.6. The van der Waals surface area contributed by atoms with Gasteiger partial charge in [-0.05, 0) is 85.9 Å². The van der Waals surface area contributed by atoms with Crippen LogP contribution in [0.4, 0.5) is 4.79 Å². The van der Waals surface area contributed by atoms with Gasteiger partial charge in [-0.2, -0.15) is 0 Å². The molecule has 13 heteroatoms. The normalized spacial score (nSPS) is 45.3. The number of alkyl carbamates (subject to hydrolysis) is 1. The number of hydrogen-bond donors (Lipinski definition) is 4. The number of carbonyl (C=O) groups is 3. The lowest BCUT2D eigenvalue weighted by atomic mass is 9.70. The Morgan fingerprint density at radius 1 is 1.11 bits per heavy atom. The number of carbonyl (C=O) groups excluding carboxylic acids is 3. The van der Waals surface area contributed by atoms with E-state index in [-0.39, 0.29) is 42.9 Å². The molecule has 0 radical (unpaired) electrons. The van der Waals surface area contributed by atoms with Gasteiger partial charge < -0.3 is 49.6 Å². The number of nitrogens with one attached hydrogen (secondary N) is 3. The Balaban J connectivity index is 1.48. The van der Waals surface area contributed by atoms with Gasteiger partial charge in [0.1, 0.15) is 17.6 Å². The molecule has 13 nitrogen and oxygen atoms in total. The molecule has 1 amide bonds. The molecule has 1 aliphatic carbocycles. The van der Waals surface area contributed by atoms with Crippen LogP contribution in [0.1, 0.15) is 80.1 Å². The summed E-state index contributed by atoms with van der Waals surface area (Å²) in [7, 11) is 3.87. The van der Waals surface area contributed by atoms with E-state index in [4.69, 9.17) is 23.7 Å². The first-order valence-electron chi connectivity index (χ1n) is 17.7. The van der Waals surface area contributed by atoms with Crippen LogP contribution in [0.15, 0.2) is 0 Å². The van der Waals surface area contributed by atoms with E-state index in [0.29, 0.717) is 38.4 Å². The number of nitrogens with zero attached hydrogens (tertiary/aromatic N) is 1. The average molecular weight is 667 g/mol. The third kappa shape index (κ3) is 7.81. The zero-order chi connectivity index (χ0) is 34.3. The van der Waals surface area contributed by atoms with Crippen LogP contribution in [0, 0.1) is 17.3 Å². The van der Waals surface area contributed by atoms with Gasteiger partial charge in [-0.25, -0.2) is 4.79 Å². The number of amides is 1. The Hall–Kier alpha value is -1.87. The number of Topliss-reactive ketones (excluding diaryl/α,β-unsaturated/α-hetero) is 1. The molecule has 6 fully saturated rings. The van der Waals surface area contributed by atoms with E-state index in [9.17, 15) is 19.5 Å².